The van der Waals surface area contributed by atoms with Crippen LogP contribution in [0.15, 0.2) is 12.1 Å². The lowest BCUT2D eigenvalue weighted by atomic mass is 9.88. The van der Waals surface area contributed by atoms with Crippen LogP contribution in [-0.2, 0) is 6.42 Å². The van der Waals surface area contributed by atoms with Crippen LogP contribution in [0.2, 0.25) is 0 Å². The van der Waals surface area contributed by atoms with E-state index in [1.54, 1.807) is 5.56 Å². The summed E-state index contributed by atoms with van der Waals surface area (Å²) in [5.41, 5.74) is 5.88. The van der Waals surface area contributed by atoms with E-state index in [1.807, 2.05) is 0 Å². The van der Waals surface area contributed by atoms with Gasteiger partial charge in [-0.15, -0.1) is 0 Å². The molecule has 2 atom stereocenters. The highest BCUT2D eigenvalue weighted by Crippen LogP contribution is 2.29. The number of likely N-dealkylation sites (N-methyl/N-ethyl adjacent to an activating group) is 1. The van der Waals surface area contributed by atoms with Crippen molar-refractivity contribution >= 4 is 11.8 Å². The van der Waals surface area contributed by atoms with Crippen LogP contribution in [0.4, 0.5) is 0 Å². The first-order valence-corrected chi connectivity index (χ1v) is 8.65. The van der Waals surface area contributed by atoms with Crippen LogP contribution >= 0.6 is 11.8 Å². The molecule has 1 aromatic carbocycles. The number of benzene rings is 1. The van der Waals surface area contributed by atoms with Gasteiger partial charge in [-0.2, -0.15) is 11.8 Å². The predicted molar refractivity (Wildman–Crippen MR) is 87.3 cm³/mol. The van der Waals surface area contributed by atoms with Crippen LogP contribution in [-0.4, -0.2) is 24.1 Å². The van der Waals surface area contributed by atoms with Gasteiger partial charge in [-0.05, 0) is 74.3 Å². The lowest BCUT2D eigenvalue weighted by molar-refractivity contribution is 0.386. The molecular formula is C17H27NS. The van der Waals surface area contributed by atoms with Crippen molar-refractivity contribution in [3.8, 4) is 0 Å². The minimum Gasteiger partial charge on any atom is -0.314 e. The third-order valence-electron chi connectivity index (χ3n) is 4.26. The normalized spacial score (nSPS) is 20.7. The molecule has 0 aromatic heterocycles. The number of rotatable bonds is 5. The summed E-state index contributed by atoms with van der Waals surface area (Å²) in [5.74, 6) is 3.53. The molecule has 1 heterocycles. The molecule has 1 saturated heterocycles. The molecule has 2 rings (SSSR count). The van der Waals surface area contributed by atoms with E-state index < -0.39 is 0 Å². The summed E-state index contributed by atoms with van der Waals surface area (Å²) >= 11 is 2.12. The second-order valence-electron chi connectivity index (χ2n) is 5.87. The molecule has 1 nitrogen and oxygen atoms in total. The Hall–Kier alpha value is -0.470. The van der Waals surface area contributed by atoms with E-state index in [9.17, 15) is 0 Å². The van der Waals surface area contributed by atoms with Crippen molar-refractivity contribution in [2.75, 3.05) is 18.1 Å². The maximum Gasteiger partial charge on any atom is 0.0144 e. The van der Waals surface area contributed by atoms with E-state index in [0.717, 1.165) is 12.5 Å². The number of nitrogens with one attached hydrogen (secondary N) is 1. The first-order chi connectivity index (χ1) is 9.11. The van der Waals surface area contributed by atoms with E-state index in [2.05, 4.69) is 56.9 Å². The summed E-state index contributed by atoms with van der Waals surface area (Å²) in [6, 6.07) is 5.31. The quantitative estimate of drug-likeness (QED) is 0.876. The van der Waals surface area contributed by atoms with Crippen molar-refractivity contribution in [1.29, 1.82) is 0 Å². The minimum atomic E-state index is 0.653. The minimum absolute atomic E-state index is 0.653. The van der Waals surface area contributed by atoms with Crippen LogP contribution in [0, 0.1) is 26.7 Å². The Morgan fingerprint density at radius 1 is 1.26 bits per heavy atom. The smallest absolute Gasteiger partial charge is 0.0144 e. The summed E-state index contributed by atoms with van der Waals surface area (Å²) in [6.07, 6.45) is 2.57. The van der Waals surface area contributed by atoms with Crippen molar-refractivity contribution in [2.45, 2.75) is 46.6 Å². The molecule has 0 bridgehead atoms. The van der Waals surface area contributed by atoms with Crippen molar-refractivity contribution in [3.05, 3.63) is 34.4 Å². The Morgan fingerprint density at radius 2 is 1.95 bits per heavy atom. The van der Waals surface area contributed by atoms with Gasteiger partial charge in [-0.3, -0.25) is 0 Å². The molecule has 1 N–H and O–H groups in total. The molecule has 2 unspecified atom stereocenters. The SMILES string of the molecule is CCNC(Cc1c(C)cc(C)cc1C)C1CCSC1. The van der Waals surface area contributed by atoms with Gasteiger partial charge in [-0.25, -0.2) is 0 Å². The zero-order valence-electron chi connectivity index (χ0n) is 12.8. The highest BCUT2D eigenvalue weighted by Gasteiger charge is 2.25. The maximum absolute atomic E-state index is 3.73. The number of aryl methyl sites for hydroxylation is 3. The molecular weight excluding hydrogens is 250 g/mol. The third kappa shape index (κ3) is 3.76. The fourth-order valence-corrected chi connectivity index (χ4v) is 4.63. The molecule has 2 heteroatoms. The first kappa shape index (κ1) is 14.9. The highest BCUT2D eigenvalue weighted by atomic mass is 32.2. The lowest BCUT2D eigenvalue weighted by Crippen LogP contribution is -2.38. The number of hydrogen-bond donors (Lipinski definition) is 1. The fraction of sp³-hybridized carbons (Fsp3) is 0.647. The van der Waals surface area contributed by atoms with Crippen LogP contribution < -0.4 is 5.32 Å². The Morgan fingerprint density at radius 3 is 2.47 bits per heavy atom. The van der Waals surface area contributed by atoms with Gasteiger partial charge in [0.1, 0.15) is 0 Å². The molecule has 1 aliphatic heterocycles. The molecule has 19 heavy (non-hydrogen) atoms. The van der Waals surface area contributed by atoms with Crippen LogP contribution in [0.25, 0.3) is 0 Å². The van der Waals surface area contributed by atoms with E-state index in [4.69, 9.17) is 0 Å². The molecule has 1 aliphatic rings. The Balaban J connectivity index is 2.16. The van der Waals surface area contributed by atoms with Gasteiger partial charge in [0.15, 0.2) is 0 Å². The molecule has 0 spiro atoms. The zero-order valence-corrected chi connectivity index (χ0v) is 13.6. The highest BCUT2D eigenvalue weighted by molar-refractivity contribution is 7.99. The molecule has 0 saturated carbocycles. The second kappa shape index (κ2) is 6.81. The summed E-state index contributed by atoms with van der Waals surface area (Å²) in [6.45, 7) is 10.0. The van der Waals surface area contributed by atoms with Gasteiger partial charge in [0.25, 0.3) is 0 Å². The van der Waals surface area contributed by atoms with Gasteiger partial charge >= 0.3 is 0 Å². The Labute approximate surface area is 122 Å². The fourth-order valence-electron chi connectivity index (χ4n) is 3.29. The van der Waals surface area contributed by atoms with Crippen LogP contribution in [0.3, 0.4) is 0 Å². The largest absolute Gasteiger partial charge is 0.314 e. The average Bonchev–Trinajstić information content (AvgIpc) is 2.85. The monoisotopic (exact) mass is 277 g/mol. The number of hydrogen-bond acceptors (Lipinski definition) is 2. The van der Waals surface area contributed by atoms with Crippen molar-refractivity contribution < 1.29 is 0 Å². The maximum atomic E-state index is 3.73. The predicted octanol–water partition coefficient (Wildman–Crippen LogP) is 3.89. The molecule has 106 valence electrons. The van der Waals surface area contributed by atoms with Crippen molar-refractivity contribution in [3.63, 3.8) is 0 Å². The third-order valence-corrected chi connectivity index (χ3v) is 5.45. The Bertz CT molecular complexity index is 398. The van der Waals surface area contributed by atoms with Crippen LogP contribution in [0.5, 0.6) is 0 Å². The summed E-state index contributed by atoms with van der Waals surface area (Å²) in [4.78, 5) is 0. The molecule has 0 aliphatic carbocycles. The average molecular weight is 277 g/mol. The van der Waals surface area contributed by atoms with E-state index in [1.165, 1.54) is 41.0 Å². The second-order valence-corrected chi connectivity index (χ2v) is 7.02. The summed E-state index contributed by atoms with van der Waals surface area (Å²) < 4.78 is 0. The summed E-state index contributed by atoms with van der Waals surface area (Å²) in [5, 5.41) is 3.73. The van der Waals surface area contributed by atoms with Gasteiger partial charge < -0.3 is 5.32 Å². The van der Waals surface area contributed by atoms with Gasteiger partial charge in [0, 0.05) is 6.04 Å². The van der Waals surface area contributed by atoms with Gasteiger partial charge in [0.05, 0.1) is 0 Å². The topological polar surface area (TPSA) is 12.0 Å². The molecule has 0 amide bonds. The van der Waals surface area contributed by atoms with E-state index >= 15 is 0 Å². The zero-order chi connectivity index (χ0) is 13.8. The molecule has 0 radical (unpaired) electrons. The first-order valence-electron chi connectivity index (χ1n) is 7.49. The van der Waals surface area contributed by atoms with Gasteiger partial charge in [0.2, 0.25) is 0 Å². The Kier molecular flexibility index (Phi) is 5.35. The summed E-state index contributed by atoms with van der Waals surface area (Å²) in [7, 11) is 0. The molecule has 1 aromatic rings. The van der Waals surface area contributed by atoms with E-state index in [0.29, 0.717) is 6.04 Å². The lowest BCUT2D eigenvalue weighted by Gasteiger charge is -2.25. The molecule has 1 fully saturated rings. The van der Waals surface area contributed by atoms with Gasteiger partial charge in [-0.1, -0.05) is 24.6 Å². The number of thioether (sulfide) groups is 1. The standard InChI is InChI=1S/C17H27NS/c1-5-18-17(15-6-7-19-11-15)10-16-13(3)8-12(2)9-14(16)4/h8-9,15,17-18H,5-7,10-11H2,1-4H3. The van der Waals surface area contributed by atoms with E-state index in [-0.39, 0.29) is 0 Å². The van der Waals surface area contributed by atoms with Crippen molar-refractivity contribution in [1.82, 2.24) is 5.32 Å². The van der Waals surface area contributed by atoms with Crippen molar-refractivity contribution in [2.24, 2.45) is 5.92 Å². The van der Waals surface area contributed by atoms with Crippen LogP contribution in [0.1, 0.15) is 35.6 Å².